The normalized spacial score (nSPS) is 30.6. The van der Waals surface area contributed by atoms with Gasteiger partial charge in [-0.05, 0) is 36.1 Å². The highest BCUT2D eigenvalue weighted by Gasteiger charge is 2.40. The molecule has 0 N–H and O–H groups in total. The van der Waals surface area contributed by atoms with Crippen LogP contribution in [-0.4, -0.2) is 48.6 Å². The Hall–Kier alpha value is -0.0800. The lowest BCUT2D eigenvalue weighted by atomic mass is 9.88. The molecule has 2 atom stereocenters. The number of fused-ring (bicyclic) bond motifs is 1. The summed E-state index contributed by atoms with van der Waals surface area (Å²) in [6, 6.07) is 0.829. The summed E-state index contributed by atoms with van der Waals surface area (Å²) in [4.78, 5) is 5.51. The van der Waals surface area contributed by atoms with E-state index in [1.807, 2.05) is 0 Å². The molecule has 2 unspecified atom stereocenters. The van der Waals surface area contributed by atoms with Gasteiger partial charge in [-0.1, -0.05) is 41.5 Å². The topological polar surface area (TPSA) is 6.48 Å². The van der Waals surface area contributed by atoms with Crippen molar-refractivity contribution in [2.75, 3.05) is 32.7 Å². The Balaban J connectivity index is 1.97. The van der Waals surface area contributed by atoms with Gasteiger partial charge < -0.3 is 4.90 Å². The van der Waals surface area contributed by atoms with E-state index < -0.39 is 0 Å². The first-order valence-corrected chi connectivity index (χ1v) is 8.10. The largest absolute Gasteiger partial charge is 0.301 e. The van der Waals surface area contributed by atoms with Gasteiger partial charge in [-0.25, -0.2) is 0 Å². The molecule has 2 heteroatoms. The van der Waals surface area contributed by atoms with Crippen LogP contribution in [0.5, 0.6) is 0 Å². The lowest BCUT2D eigenvalue weighted by molar-refractivity contribution is 0.0846. The van der Waals surface area contributed by atoms with Gasteiger partial charge in [-0.2, -0.15) is 0 Å². The molecule has 0 aliphatic carbocycles. The first-order valence-electron chi connectivity index (χ1n) is 8.10. The Morgan fingerprint density at radius 2 is 1.53 bits per heavy atom. The quantitative estimate of drug-likeness (QED) is 0.755. The van der Waals surface area contributed by atoms with Crippen LogP contribution >= 0.6 is 0 Å². The second kappa shape index (κ2) is 5.37. The molecule has 0 aromatic carbocycles. The van der Waals surface area contributed by atoms with E-state index >= 15 is 0 Å². The molecule has 0 aromatic rings. The minimum Gasteiger partial charge on any atom is -0.301 e. The smallest absolute Gasteiger partial charge is 0.0263 e. The minimum atomic E-state index is 0.430. The van der Waals surface area contributed by atoms with Crippen molar-refractivity contribution in [3.63, 3.8) is 0 Å². The van der Waals surface area contributed by atoms with Crippen LogP contribution in [0, 0.1) is 16.7 Å². The summed E-state index contributed by atoms with van der Waals surface area (Å²) in [7, 11) is 0. The van der Waals surface area contributed by atoms with E-state index in [4.69, 9.17) is 0 Å². The van der Waals surface area contributed by atoms with Gasteiger partial charge in [0.1, 0.15) is 0 Å². The lowest BCUT2D eigenvalue weighted by Gasteiger charge is -2.40. The average Bonchev–Trinajstić information content (AvgIpc) is 2.55. The van der Waals surface area contributed by atoms with Crippen LogP contribution in [0.3, 0.4) is 0 Å². The van der Waals surface area contributed by atoms with Crippen LogP contribution < -0.4 is 0 Å². The monoisotopic (exact) mass is 266 g/mol. The Morgan fingerprint density at radius 3 is 2.11 bits per heavy atom. The van der Waals surface area contributed by atoms with Gasteiger partial charge in [0.2, 0.25) is 0 Å². The zero-order chi connectivity index (χ0) is 14.3. The third-order valence-electron chi connectivity index (χ3n) is 4.35. The molecule has 2 rings (SSSR count). The maximum Gasteiger partial charge on any atom is 0.0263 e. The maximum atomic E-state index is 2.79. The van der Waals surface area contributed by atoms with Crippen molar-refractivity contribution in [3.8, 4) is 0 Å². The van der Waals surface area contributed by atoms with Gasteiger partial charge in [0.25, 0.3) is 0 Å². The second-order valence-corrected chi connectivity index (χ2v) is 9.26. The summed E-state index contributed by atoms with van der Waals surface area (Å²) < 4.78 is 0. The molecule has 2 fully saturated rings. The maximum absolute atomic E-state index is 2.79. The third kappa shape index (κ3) is 4.46. The van der Waals surface area contributed by atoms with Crippen LogP contribution in [-0.2, 0) is 0 Å². The zero-order valence-electron chi connectivity index (χ0n) is 14.0. The van der Waals surface area contributed by atoms with Crippen molar-refractivity contribution in [1.29, 1.82) is 0 Å². The van der Waals surface area contributed by atoms with Gasteiger partial charge in [0, 0.05) is 32.2 Å². The van der Waals surface area contributed by atoms with Crippen molar-refractivity contribution >= 4 is 0 Å². The molecule has 0 amide bonds. The highest BCUT2D eigenvalue weighted by atomic mass is 15.3. The fourth-order valence-corrected chi connectivity index (χ4v) is 3.97. The van der Waals surface area contributed by atoms with E-state index in [1.165, 1.54) is 45.6 Å². The fourth-order valence-electron chi connectivity index (χ4n) is 3.97. The number of piperidine rings is 1. The number of nitrogens with zero attached hydrogens (tertiary/aromatic N) is 2. The third-order valence-corrected chi connectivity index (χ3v) is 4.35. The molecule has 0 saturated carbocycles. The summed E-state index contributed by atoms with van der Waals surface area (Å²) in [5.41, 5.74) is 0.863. The highest BCUT2D eigenvalue weighted by Crippen LogP contribution is 2.33. The molecule has 2 aliphatic rings. The van der Waals surface area contributed by atoms with Gasteiger partial charge >= 0.3 is 0 Å². The van der Waals surface area contributed by atoms with Crippen molar-refractivity contribution in [3.05, 3.63) is 0 Å². The molecule has 0 radical (unpaired) electrons. The molecule has 2 saturated heterocycles. The molecule has 0 spiro atoms. The Labute approximate surface area is 120 Å². The predicted octanol–water partition coefficient (Wildman–Crippen LogP) is 3.47. The Bertz CT molecular complexity index is 297. The molecule has 0 bridgehead atoms. The first-order chi connectivity index (χ1) is 8.64. The van der Waals surface area contributed by atoms with E-state index in [1.54, 1.807) is 0 Å². The van der Waals surface area contributed by atoms with Gasteiger partial charge in [0.15, 0.2) is 0 Å². The molecule has 2 heterocycles. The van der Waals surface area contributed by atoms with Crippen molar-refractivity contribution < 1.29 is 0 Å². The first kappa shape index (κ1) is 15.3. The highest BCUT2D eigenvalue weighted by molar-refractivity contribution is 4.95. The van der Waals surface area contributed by atoms with E-state index in [0.717, 1.165) is 12.0 Å². The van der Waals surface area contributed by atoms with Gasteiger partial charge in [-0.3, -0.25) is 4.90 Å². The predicted molar refractivity (Wildman–Crippen MR) is 83.4 cm³/mol. The summed E-state index contributed by atoms with van der Waals surface area (Å²) in [6.07, 6.45) is 2.85. The van der Waals surface area contributed by atoms with Crippen LogP contribution in [0.2, 0.25) is 0 Å². The van der Waals surface area contributed by atoms with Crippen LogP contribution in [0.25, 0.3) is 0 Å². The summed E-state index contributed by atoms with van der Waals surface area (Å²) in [5, 5.41) is 0. The van der Waals surface area contributed by atoms with E-state index in [-0.39, 0.29) is 0 Å². The molecular formula is C17H34N2. The van der Waals surface area contributed by atoms with Crippen molar-refractivity contribution in [2.24, 2.45) is 16.7 Å². The van der Waals surface area contributed by atoms with E-state index in [2.05, 4.69) is 51.3 Å². The minimum absolute atomic E-state index is 0.430. The Kier molecular flexibility index (Phi) is 4.32. The molecule has 2 nitrogen and oxygen atoms in total. The zero-order valence-corrected chi connectivity index (χ0v) is 14.0. The van der Waals surface area contributed by atoms with Gasteiger partial charge in [0.05, 0.1) is 0 Å². The Morgan fingerprint density at radius 1 is 0.895 bits per heavy atom. The number of likely N-dealkylation sites (tertiary alicyclic amines) is 2. The lowest BCUT2D eigenvalue weighted by Crippen LogP contribution is -2.48. The van der Waals surface area contributed by atoms with Crippen LogP contribution in [0.15, 0.2) is 0 Å². The van der Waals surface area contributed by atoms with Crippen LogP contribution in [0.1, 0.15) is 54.4 Å². The SMILES string of the molecule is CC(C)(C)CN1CC2CCCN(CC(C)(C)C)C2C1. The van der Waals surface area contributed by atoms with Gasteiger partial charge in [-0.15, -0.1) is 0 Å². The summed E-state index contributed by atoms with van der Waals surface area (Å²) >= 11 is 0. The van der Waals surface area contributed by atoms with Crippen LogP contribution in [0.4, 0.5) is 0 Å². The second-order valence-electron chi connectivity index (χ2n) is 9.26. The molecule has 2 aliphatic heterocycles. The molecule has 0 aromatic heterocycles. The molecular weight excluding hydrogens is 232 g/mol. The number of hydrogen-bond acceptors (Lipinski definition) is 2. The van der Waals surface area contributed by atoms with E-state index in [0.29, 0.717) is 10.8 Å². The summed E-state index contributed by atoms with van der Waals surface area (Å²) in [5.74, 6) is 0.929. The standard InChI is InChI=1S/C17H34N2/c1-16(2,3)12-18-10-14-8-7-9-19(15(14)11-18)13-17(4,5)6/h14-15H,7-13H2,1-6H3. The van der Waals surface area contributed by atoms with E-state index in [9.17, 15) is 0 Å². The number of hydrogen-bond donors (Lipinski definition) is 0. The van der Waals surface area contributed by atoms with Crippen molar-refractivity contribution in [2.45, 2.75) is 60.4 Å². The molecule has 112 valence electrons. The number of rotatable bonds is 2. The molecule has 19 heavy (non-hydrogen) atoms. The fraction of sp³-hybridized carbons (Fsp3) is 1.00. The van der Waals surface area contributed by atoms with Crippen molar-refractivity contribution in [1.82, 2.24) is 9.80 Å². The summed E-state index contributed by atoms with van der Waals surface area (Å²) in [6.45, 7) is 20.7. The average molecular weight is 266 g/mol.